The van der Waals surface area contributed by atoms with Gasteiger partial charge in [0, 0.05) is 6.21 Å². The van der Waals surface area contributed by atoms with Crippen LogP contribution >= 0.6 is 0 Å². The van der Waals surface area contributed by atoms with Crippen molar-refractivity contribution in [2.24, 2.45) is 4.99 Å². The quantitative estimate of drug-likeness (QED) is 0.522. The molecular formula is C5H8N2O. The maximum absolute atomic E-state index is 4.83. The van der Waals surface area contributed by atoms with Gasteiger partial charge in [-0.2, -0.15) is 0 Å². The van der Waals surface area contributed by atoms with Crippen LogP contribution in [0.5, 0.6) is 0 Å². The second kappa shape index (κ2) is 2.35. The van der Waals surface area contributed by atoms with Crippen molar-refractivity contribution < 1.29 is 4.74 Å². The van der Waals surface area contributed by atoms with Crippen LogP contribution in [-0.4, -0.2) is 19.9 Å². The fourth-order valence-electron chi connectivity index (χ4n) is 0.490. The number of rotatable bonds is 1. The van der Waals surface area contributed by atoms with Crippen LogP contribution in [0.4, 0.5) is 0 Å². The summed E-state index contributed by atoms with van der Waals surface area (Å²) in [6.45, 7) is 0.764. The average molecular weight is 112 g/mol. The van der Waals surface area contributed by atoms with Crippen LogP contribution < -0.4 is 5.32 Å². The van der Waals surface area contributed by atoms with Crippen LogP contribution in [0.15, 0.2) is 17.1 Å². The lowest BCUT2D eigenvalue weighted by Crippen LogP contribution is -2.19. The van der Waals surface area contributed by atoms with Gasteiger partial charge in [0.05, 0.1) is 19.9 Å². The molecule has 0 aromatic heterocycles. The lowest BCUT2D eigenvalue weighted by atomic mass is 10.6. The Kier molecular flexibility index (Phi) is 1.51. The normalized spacial score (nSPS) is 16.9. The Hall–Kier alpha value is -0.990. The lowest BCUT2D eigenvalue weighted by Gasteiger charge is -2.07. The molecule has 0 saturated heterocycles. The van der Waals surface area contributed by atoms with E-state index in [-0.39, 0.29) is 0 Å². The standard InChI is InChI=1S/C5H8N2O/c1-8-5-4-6-2-3-7-5/h2,4,7H,3H2,1H3. The molecule has 0 aliphatic carbocycles. The molecule has 0 amide bonds. The van der Waals surface area contributed by atoms with E-state index in [0.29, 0.717) is 0 Å². The van der Waals surface area contributed by atoms with E-state index in [1.807, 2.05) is 0 Å². The van der Waals surface area contributed by atoms with E-state index < -0.39 is 0 Å². The number of hydrogen-bond acceptors (Lipinski definition) is 3. The predicted molar refractivity (Wildman–Crippen MR) is 31.6 cm³/mol. The lowest BCUT2D eigenvalue weighted by molar-refractivity contribution is 0.263. The summed E-state index contributed by atoms with van der Waals surface area (Å²) in [6, 6.07) is 0. The molecule has 44 valence electrons. The summed E-state index contributed by atoms with van der Waals surface area (Å²) in [7, 11) is 1.61. The van der Waals surface area contributed by atoms with Crippen molar-refractivity contribution in [2.75, 3.05) is 13.7 Å². The first kappa shape index (κ1) is 5.15. The van der Waals surface area contributed by atoms with Crippen LogP contribution in [0, 0.1) is 0 Å². The Balaban J connectivity index is 2.50. The zero-order valence-corrected chi connectivity index (χ0v) is 4.72. The number of methoxy groups -OCH3 is 1. The van der Waals surface area contributed by atoms with Crippen molar-refractivity contribution in [1.29, 1.82) is 0 Å². The van der Waals surface area contributed by atoms with E-state index >= 15 is 0 Å². The molecule has 0 aromatic rings. The first-order chi connectivity index (χ1) is 3.93. The fraction of sp³-hybridized carbons (Fsp3) is 0.400. The van der Waals surface area contributed by atoms with Crippen LogP contribution in [0.2, 0.25) is 0 Å². The molecule has 0 spiro atoms. The van der Waals surface area contributed by atoms with Gasteiger partial charge in [-0.15, -0.1) is 0 Å². The minimum atomic E-state index is 0.729. The number of ether oxygens (including phenoxy) is 1. The summed E-state index contributed by atoms with van der Waals surface area (Å²) < 4.78 is 4.83. The highest BCUT2D eigenvalue weighted by molar-refractivity contribution is 5.61. The monoisotopic (exact) mass is 112 g/mol. The minimum absolute atomic E-state index is 0.729. The Morgan fingerprint density at radius 3 is 3.12 bits per heavy atom. The first-order valence-electron chi connectivity index (χ1n) is 2.43. The van der Waals surface area contributed by atoms with E-state index in [1.165, 1.54) is 0 Å². The summed E-state index contributed by atoms with van der Waals surface area (Å²) in [6.07, 6.45) is 3.42. The van der Waals surface area contributed by atoms with Crippen LogP contribution in [-0.2, 0) is 4.74 Å². The number of nitrogens with zero attached hydrogens (tertiary/aromatic N) is 1. The highest BCUT2D eigenvalue weighted by Crippen LogP contribution is 1.91. The molecule has 3 nitrogen and oxygen atoms in total. The number of nitrogens with one attached hydrogen (secondary N) is 1. The Labute approximate surface area is 48.1 Å². The van der Waals surface area contributed by atoms with Crippen molar-refractivity contribution in [1.82, 2.24) is 5.32 Å². The van der Waals surface area contributed by atoms with Crippen LogP contribution in [0.3, 0.4) is 0 Å². The van der Waals surface area contributed by atoms with Crippen molar-refractivity contribution in [2.45, 2.75) is 0 Å². The largest absolute Gasteiger partial charge is 0.481 e. The van der Waals surface area contributed by atoms with E-state index in [0.717, 1.165) is 12.4 Å². The highest BCUT2D eigenvalue weighted by atomic mass is 16.5. The van der Waals surface area contributed by atoms with Gasteiger partial charge in [0.1, 0.15) is 0 Å². The Morgan fingerprint density at radius 2 is 2.75 bits per heavy atom. The maximum atomic E-state index is 4.83. The van der Waals surface area contributed by atoms with Gasteiger partial charge in [-0.25, -0.2) is 0 Å². The third-order valence-corrected chi connectivity index (χ3v) is 0.885. The van der Waals surface area contributed by atoms with Gasteiger partial charge in [0.25, 0.3) is 0 Å². The Bertz CT molecular complexity index is 128. The Morgan fingerprint density at radius 1 is 1.88 bits per heavy atom. The topological polar surface area (TPSA) is 33.6 Å². The summed E-state index contributed by atoms with van der Waals surface area (Å²) in [4.78, 5) is 3.85. The van der Waals surface area contributed by atoms with Gasteiger partial charge in [-0.3, -0.25) is 4.99 Å². The number of hydrogen-bond donors (Lipinski definition) is 1. The zero-order chi connectivity index (χ0) is 5.82. The van der Waals surface area contributed by atoms with Gasteiger partial charge in [0.2, 0.25) is 5.88 Å². The predicted octanol–water partition coefficient (Wildman–Crippen LogP) is 0.106. The van der Waals surface area contributed by atoms with Gasteiger partial charge >= 0.3 is 0 Å². The van der Waals surface area contributed by atoms with Gasteiger partial charge in [0.15, 0.2) is 0 Å². The molecule has 1 aliphatic heterocycles. The molecule has 3 heteroatoms. The molecule has 1 aliphatic rings. The van der Waals surface area contributed by atoms with Crippen molar-refractivity contribution >= 4 is 6.21 Å². The molecule has 1 heterocycles. The second-order valence-corrected chi connectivity index (χ2v) is 1.41. The van der Waals surface area contributed by atoms with Crippen molar-refractivity contribution in [3.63, 3.8) is 0 Å². The SMILES string of the molecule is COC1=CN=CCN1. The van der Waals surface area contributed by atoms with Gasteiger partial charge in [-0.1, -0.05) is 0 Å². The molecule has 0 bridgehead atoms. The molecule has 8 heavy (non-hydrogen) atoms. The van der Waals surface area contributed by atoms with E-state index in [9.17, 15) is 0 Å². The molecule has 0 unspecified atom stereocenters. The summed E-state index contributed by atoms with van der Waals surface area (Å²) in [5.74, 6) is 0.729. The zero-order valence-electron chi connectivity index (χ0n) is 4.72. The van der Waals surface area contributed by atoms with E-state index in [1.54, 1.807) is 19.5 Å². The minimum Gasteiger partial charge on any atom is -0.481 e. The molecule has 0 saturated carbocycles. The summed E-state index contributed by atoms with van der Waals surface area (Å²) >= 11 is 0. The summed E-state index contributed by atoms with van der Waals surface area (Å²) in [5.41, 5.74) is 0. The molecule has 0 atom stereocenters. The average Bonchev–Trinajstić information content (AvgIpc) is 1.90. The fourth-order valence-corrected chi connectivity index (χ4v) is 0.490. The molecular weight excluding hydrogens is 104 g/mol. The highest BCUT2D eigenvalue weighted by Gasteiger charge is 1.93. The van der Waals surface area contributed by atoms with Crippen molar-refractivity contribution in [3.8, 4) is 0 Å². The van der Waals surface area contributed by atoms with Gasteiger partial charge in [-0.05, 0) is 0 Å². The molecule has 0 radical (unpaired) electrons. The molecule has 1 rings (SSSR count). The molecule has 0 aromatic carbocycles. The third kappa shape index (κ3) is 0.992. The smallest absolute Gasteiger partial charge is 0.205 e. The van der Waals surface area contributed by atoms with Crippen molar-refractivity contribution in [3.05, 3.63) is 12.1 Å². The maximum Gasteiger partial charge on any atom is 0.205 e. The van der Waals surface area contributed by atoms with Crippen LogP contribution in [0.25, 0.3) is 0 Å². The molecule has 0 fully saturated rings. The summed E-state index contributed by atoms with van der Waals surface area (Å²) in [5, 5.41) is 2.96. The molecule has 1 N–H and O–H groups in total. The first-order valence-corrected chi connectivity index (χ1v) is 2.43. The number of aliphatic imine (C=N–C) groups is 1. The van der Waals surface area contributed by atoms with Gasteiger partial charge < -0.3 is 10.1 Å². The van der Waals surface area contributed by atoms with E-state index in [2.05, 4.69) is 10.3 Å². The van der Waals surface area contributed by atoms with Crippen LogP contribution in [0.1, 0.15) is 0 Å². The third-order valence-electron chi connectivity index (χ3n) is 0.885. The van der Waals surface area contributed by atoms with E-state index in [4.69, 9.17) is 4.74 Å². The second-order valence-electron chi connectivity index (χ2n) is 1.41.